The van der Waals surface area contributed by atoms with Gasteiger partial charge in [-0.05, 0) is 25.7 Å². The summed E-state index contributed by atoms with van der Waals surface area (Å²) in [6, 6.07) is 0. The van der Waals surface area contributed by atoms with Crippen LogP contribution in [-0.2, 0) is 4.74 Å². The van der Waals surface area contributed by atoms with E-state index in [1.807, 2.05) is 6.92 Å². The Bertz CT molecular complexity index is 183. The van der Waals surface area contributed by atoms with Crippen LogP contribution in [-0.4, -0.2) is 23.9 Å². The third-order valence-electron chi connectivity index (χ3n) is 4.05. The van der Waals surface area contributed by atoms with Crippen LogP contribution in [0.3, 0.4) is 0 Å². The van der Waals surface area contributed by atoms with Crippen molar-refractivity contribution in [3.8, 4) is 0 Å². The molecule has 0 aliphatic carbocycles. The standard InChI is InChI=1S/C14H28O2/c1-4-6-7-12(5-2)10-14(3,15)13-8-9-16-11-13/h12-13,15H,4-11H2,1-3H3. The van der Waals surface area contributed by atoms with Crippen LogP contribution in [0.25, 0.3) is 0 Å². The van der Waals surface area contributed by atoms with Crippen LogP contribution in [0.2, 0.25) is 0 Å². The van der Waals surface area contributed by atoms with E-state index in [0.29, 0.717) is 11.8 Å². The quantitative estimate of drug-likeness (QED) is 0.724. The van der Waals surface area contributed by atoms with Crippen molar-refractivity contribution in [3.63, 3.8) is 0 Å². The van der Waals surface area contributed by atoms with E-state index in [1.54, 1.807) is 0 Å². The highest BCUT2D eigenvalue weighted by Crippen LogP contribution is 2.33. The largest absolute Gasteiger partial charge is 0.390 e. The summed E-state index contributed by atoms with van der Waals surface area (Å²) in [7, 11) is 0. The lowest BCUT2D eigenvalue weighted by atomic mass is 9.79. The zero-order chi connectivity index (χ0) is 12.0. The van der Waals surface area contributed by atoms with E-state index in [9.17, 15) is 5.11 Å². The van der Waals surface area contributed by atoms with Crippen molar-refractivity contribution in [2.24, 2.45) is 11.8 Å². The Balaban J connectivity index is 2.41. The molecule has 1 fully saturated rings. The van der Waals surface area contributed by atoms with Crippen molar-refractivity contribution < 1.29 is 9.84 Å². The van der Waals surface area contributed by atoms with Gasteiger partial charge in [-0.1, -0.05) is 39.5 Å². The summed E-state index contributed by atoms with van der Waals surface area (Å²) in [5.41, 5.74) is -0.523. The molecule has 0 amide bonds. The minimum Gasteiger partial charge on any atom is -0.390 e. The van der Waals surface area contributed by atoms with Gasteiger partial charge in [0, 0.05) is 12.5 Å². The lowest BCUT2D eigenvalue weighted by Crippen LogP contribution is -2.37. The molecule has 1 heterocycles. The molecular formula is C14H28O2. The molecule has 1 N–H and O–H groups in total. The molecule has 96 valence electrons. The predicted molar refractivity (Wildman–Crippen MR) is 67.5 cm³/mol. The smallest absolute Gasteiger partial charge is 0.0673 e. The maximum absolute atomic E-state index is 10.5. The summed E-state index contributed by atoms with van der Waals surface area (Å²) >= 11 is 0. The van der Waals surface area contributed by atoms with Gasteiger partial charge in [0.05, 0.1) is 12.2 Å². The highest BCUT2D eigenvalue weighted by molar-refractivity contribution is 4.86. The van der Waals surface area contributed by atoms with Gasteiger partial charge in [-0.2, -0.15) is 0 Å². The fraction of sp³-hybridized carbons (Fsp3) is 1.00. The first-order valence-corrected chi connectivity index (χ1v) is 6.90. The first-order valence-electron chi connectivity index (χ1n) is 6.90. The lowest BCUT2D eigenvalue weighted by Gasteiger charge is -2.32. The molecule has 0 aromatic heterocycles. The van der Waals surface area contributed by atoms with E-state index in [1.165, 1.54) is 25.7 Å². The number of ether oxygens (including phenoxy) is 1. The second-order valence-corrected chi connectivity index (χ2v) is 5.54. The topological polar surface area (TPSA) is 29.5 Å². The normalized spacial score (nSPS) is 26.6. The minimum absolute atomic E-state index is 0.350. The summed E-state index contributed by atoms with van der Waals surface area (Å²) in [6.07, 6.45) is 6.95. The maximum atomic E-state index is 10.5. The van der Waals surface area contributed by atoms with Crippen molar-refractivity contribution in [1.82, 2.24) is 0 Å². The van der Waals surface area contributed by atoms with E-state index in [4.69, 9.17) is 4.74 Å². The first kappa shape index (κ1) is 14.0. The van der Waals surface area contributed by atoms with Gasteiger partial charge in [0.2, 0.25) is 0 Å². The molecule has 16 heavy (non-hydrogen) atoms. The van der Waals surface area contributed by atoms with Crippen molar-refractivity contribution in [2.75, 3.05) is 13.2 Å². The second-order valence-electron chi connectivity index (χ2n) is 5.54. The van der Waals surface area contributed by atoms with Gasteiger partial charge in [0.15, 0.2) is 0 Å². The van der Waals surface area contributed by atoms with Crippen LogP contribution in [0.5, 0.6) is 0 Å². The third-order valence-corrected chi connectivity index (χ3v) is 4.05. The number of aliphatic hydroxyl groups is 1. The molecule has 1 saturated heterocycles. The van der Waals surface area contributed by atoms with E-state index in [0.717, 1.165) is 26.1 Å². The second kappa shape index (κ2) is 6.61. The third kappa shape index (κ3) is 4.06. The number of rotatable bonds is 7. The Morgan fingerprint density at radius 2 is 2.19 bits per heavy atom. The van der Waals surface area contributed by atoms with Gasteiger partial charge in [-0.25, -0.2) is 0 Å². The molecule has 0 radical (unpaired) electrons. The Hall–Kier alpha value is -0.0800. The monoisotopic (exact) mass is 228 g/mol. The molecule has 3 atom stereocenters. The zero-order valence-electron chi connectivity index (χ0n) is 11.2. The molecule has 0 spiro atoms. The van der Waals surface area contributed by atoms with Crippen LogP contribution in [0, 0.1) is 11.8 Å². The molecule has 2 nitrogen and oxygen atoms in total. The molecule has 1 aliphatic rings. The Labute approximate surface area is 100 Å². The van der Waals surface area contributed by atoms with Gasteiger partial charge in [0.1, 0.15) is 0 Å². The van der Waals surface area contributed by atoms with E-state index in [2.05, 4.69) is 13.8 Å². The number of hydrogen-bond acceptors (Lipinski definition) is 2. The molecule has 1 aliphatic heterocycles. The SMILES string of the molecule is CCCCC(CC)CC(C)(O)C1CCOC1. The van der Waals surface area contributed by atoms with E-state index < -0.39 is 5.60 Å². The first-order chi connectivity index (χ1) is 7.60. The molecule has 0 saturated carbocycles. The molecule has 0 aromatic carbocycles. The average molecular weight is 228 g/mol. The van der Waals surface area contributed by atoms with Gasteiger partial charge in [-0.3, -0.25) is 0 Å². The zero-order valence-corrected chi connectivity index (χ0v) is 11.2. The minimum atomic E-state index is -0.523. The summed E-state index contributed by atoms with van der Waals surface area (Å²) in [6.45, 7) is 8.04. The number of unbranched alkanes of at least 4 members (excludes halogenated alkanes) is 1. The predicted octanol–water partition coefficient (Wildman–Crippen LogP) is 3.38. The molecule has 2 heteroatoms. The van der Waals surface area contributed by atoms with Crippen molar-refractivity contribution in [3.05, 3.63) is 0 Å². The average Bonchev–Trinajstić information content (AvgIpc) is 2.78. The van der Waals surface area contributed by atoms with Crippen LogP contribution in [0.4, 0.5) is 0 Å². The van der Waals surface area contributed by atoms with Crippen LogP contribution < -0.4 is 0 Å². The van der Waals surface area contributed by atoms with E-state index in [-0.39, 0.29) is 0 Å². The summed E-state index contributed by atoms with van der Waals surface area (Å²) in [4.78, 5) is 0. The van der Waals surface area contributed by atoms with E-state index >= 15 is 0 Å². The van der Waals surface area contributed by atoms with Crippen molar-refractivity contribution in [2.45, 2.75) is 64.9 Å². The molecule has 0 aromatic rings. The Morgan fingerprint density at radius 3 is 2.69 bits per heavy atom. The maximum Gasteiger partial charge on any atom is 0.0673 e. The molecular weight excluding hydrogens is 200 g/mol. The van der Waals surface area contributed by atoms with Crippen LogP contribution in [0.15, 0.2) is 0 Å². The van der Waals surface area contributed by atoms with Gasteiger partial charge < -0.3 is 9.84 Å². The fourth-order valence-corrected chi connectivity index (χ4v) is 2.72. The molecule has 0 bridgehead atoms. The van der Waals surface area contributed by atoms with Crippen LogP contribution in [0.1, 0.15) is 59.3 Å². The van der Waals surface area contributed by atoms with Gasteiger partial charge in [0.25, 0.3) is 0 Å². The summed E-state index contributed by atoms with van der Waals surface area (Å²) in [5.74, 6) is 1.03. The van der Waals surface area contributed by atoms with Gasteiger partial charge in [-0.15, -0.1) is 0 Å². The lowest BCUT2D eigenvalue weighted by molar-refractivity contribution is -0.0267. The highest BCUT2D eigenvalue weighted by Gasteiger charge is 2.36. The summed E-state index contributed by atoms with van der Waals surface area (Å²) in [5, 5.41) is 10.5. The van der Waals surface area contributed by atoms with Crippen molar-refractivity contribution >= 4 is 0 Å². The highest BCUT2D eigenvalue weighted by atomic mass is 16.5. The van der Waals surface area contributed by atoms with Crippen LogP contribution >= 0.6 is 0 Å². The Morgan fingerprint density at radius 1 is 1.44 bits per heavy atom. The van der Waals surface area contributed by atoms with Crippen molar-refractivity contribution in [1.29, 1.82) is 0 Å². The fourth-order valence-electron chi connectivity index (χ4n) is 2.72. The Kier molecular flexibility index (Phi) is 5.77. The molecule has 1 rings (SSSR count). The summed E-state index contributed by atoms with van der Waals surface area (Å²) < 4.78 is 5.38. The molecule has 3 unspecified atom stereocenters. The number of hydrogen-bond donors (Lipinski definition) is 1. The van der Waals surface area contributed by atoms with Gasteiger partial charge >= 0.3 is 0 Å².